The Morgan fingerprint density at radius 2 is 1.79 bits per heavy atom. The van der Waals surface area contributed by atoms with Crippen molar-refractivity contribution in [2.45, 2.75) is 0 Å². The summed E-state index contributed by atoms with van der Waals surface area (Å²) in [5.41, 5.74) is 6.83. The minimum Gasteiger partial charge on any atom is -0.490 e. The van der Waals surface area contributed by atoms with E-state index in [4.69, 9.17) is 19.9 Å². The van der Waals surface area contributed by atoms with Crippen molar-refractivity contribution in [2.24, 2.45) is 0 Å². The minimum atomic E-state index is -0.293. The van der Waals surface area contributed by atoms with Crippen molar-refractivity contribution in [1.29, 1.82) is 0 Å². The summed E-state index contributed by atoms with van der Waals surface area (Å²) in [4.78, 5) is 6.36. The van der Waals surface area contributed by atoms with Gasteiger partial charge in [0, 0.05) is 30.9 Å². The number of ether oxygens (including phenoxy) is 3. The van der Waals surface area contributed by atoms with Crippen molar-refractivity contribution in [3.63, 3.8) is 0 Å². The van der Waals surface area contributed by atoms with Crippen molar-refractivity contribution in [3.05, 3.63) is 42.2 Å². The molecule has 6 nitrogen and oxygen atoms in total. The van der Waals surface area contributed by atoms with E-state index in [1.807, 2.05) is 12.1 Å². The average Bonchev–Trinajstić information content (AvgIpc) is 2.61. The summed E-state index contributed by atoms with van der Waals surface area (Å²) in [6.45, 7) is 3.67. The fourth-order valence-electron chi connectivity index (χ4n) is 2.43. The molecule has 2 heterocycles. The van der Waals surface area contributed by atoms with Crippen LogP contribution in [-0.2, 0) is 4.74 Å². The van der Waals surface area contributed by atoms with E-state index in [1.165, 1.54) is 12.1 Å². The predicted molar refractivity (Wildman–Crippen MR) is 89.1 cm³/mol. The first-order chi connectivity index (χ1) is 11.7. The standard InChI is InChI=1S/C17H20FN3O3/c18-13-1-3-15(4-2-13)23-9-10-24-17-12-14(11-16(19)20-17)21-5-7-22-8-6-21/h1-4,11-12H,5-10H2,(H2,19,20). The molecule has 0 bridgehead atoms. The van der Waals surface area contributed by atoms with Gasteiger partial charge in [0.1, 0.15) is 30.6 Å². The maximum atomic E-state index is 12.8. The Hall–Kier alpha value is -2.54. The predicted octanol–water partition coefficient (Wildman–Crippen LogP) is 2.10. The first-order valence-corrected chi connectivity index (χ1v) is 7.82. The fourth-order valence-corrected chi connectivity index (χ4v) is 2.43. The number of aromatic nitrogens is 1. The third-order valence-corrected chi connectivity index (χ3v) is 3.60. The van der Waals surface area contributed by atoms with Crippen LogP contribution in [0.1, 0.15) is 0 Å². The molecule has 2 aromatic rings. The van der Waals surface area contributed by atoms with Gasteiger partial charge in [0.2, 0.25) is 5.88 Å². The summed E-state index contributed by atoms with van der Waals surface area (Å²) in [5, 5.41) is 0. The second-order valence-corrected chi connectivity index (χ2v) is 5.34. The van der Waals surface area contributed by atoms with Gasteiger partial charge in [-0.05, 0) is 24.3 Å². The maximum absolute atomic E-state index is 12.8. The number of nitrogens with two attached hydrogens (primary N) is 1. The lowest BCUT2D eigenvalue weighted by Crippen LogP contribution is -2.36. The van der Waals surface area contributed by atoms with Crippen LogP contribution in [0.25, 0.3) is 0 Å². The average molecular weight is 333 g/mol. The topological polar surface area (TPSA) is 69.8 Å². The number of hydrogen-bond acceptors (Lipinski definition) is 6. The molecule has 1 aromatic carbocycles. The van der Waals surface area contributed by atoms with Gasteiger partial charge in [0.05, 0.1) is 13.2 Å². The third kappa shape index (κ3) is 4.48. The number of anilines is 2. The summed E-state index contributed by atoms with van der Waals surface area (Å²) in [6, 6.07) is 9.54. The number of benzene rings is 1. The van der Waals surface area contributed by atoms with Gasteiger partial charge in [-0.15, -0.1) is 0 Å². The molecule has 1 saturated heterocycles. The van der Waals surface area contributed by atoms with Crippen LogP contribution in [0.15, 0.2) is 36.4 Å². The van der Waals surface area contributed by atoms with Gasteiger partial charge in [-0.1, -0.05) is 0 Å². The Morgan fingerprint density at radius 3 is 2.54 bits per heavy atom. The van der Waals surface area contributed by atoms with Gasteiger partial charge in [0.25, 0.3) is 0 Å². The first-order valence-electron chi connectivity index (χ1n) is 7.82. The van der Waals surface area contributed by atoms with Crippen molar-refractivity contribution >= 4 is 11.5 Å². The summed E-state index contributed by atoms with van der Waals surface area (Å²) < 4.78 is 29.3. The van der Waals surface area contributed by atoms with E-state index in [9.17, 15) is 4.39 Å². The van der Waals surface area contributed by atoms with Gasteiger partial charge >= 0.3 is 0 Å². The summed E-state index contributed by atoms with van der Waals surface area (Å²) in [7, 11) is 0. The SMILES string of the molecule is Nc1cc(N2CCOCC2)cc(OCCOc2ccc(F)cc2)n1. The van der Waals surface area contributed by atoms with Crippen LogP contribution in [-0.4, -0.2) is 44.5 Å². The van der Waals surface area contributed by atoms with E-state index >= 15 is 0 Å². The number of pyridine rings is 1. The number of morpholine rings is 1. The Bertz CT molecular complexity index is 661. The van der Waals surface area contributed by atoms with Crippen LogP contribution in [0.4, 0.5) is 15.9 Å². The molecule has 0 radical (unpaired) electrons. The summed E-state index contributed by atoms with van der Waals surface area (Å²) >= 11 is 0. The normalized spacial score (nSPS) is 14.5. The number of hydrogen-bond donors (Lipinski definition) is 1. The smallest absolute Gasteiger partial charge is 0.217 e. The van der Waals surface area contributed by atoms with E-state index in [0.29, 0.717) is 43.9 Å². The van der Waals surface area contributed by atoms with Crippen LogP contribution in [0.2, 0.25) is 0 Å². The van der Waals surface area contributed by atoms with E-state index in [2.05, 4.69) is 9.88 Å². The highest BCUT2D eigenvalue weighted by Crippen LogP contribution is 2.23. The molecule has 1 fully saturated rings. The van der Waals surface area contributed by atoms with Gasteiger partial charge < -0.3 is 24.8 Å². The van der Waals surface area contributed by atoms with Crippen molar-refractivity contribution in [3.8, 4) is 11.6 Å². The zero-order valence-electron chi connectivity index (χ0n) is 13.3. The molecule has 0 unspecified atom stereocenters. The Balaban J connectivity index is 1.52. The third-order valence-electron chi connectivity index (χ3n) is 3.60. The molecule has 7 heteroatoms. The lowest BCUT2D eigenvalue weighted by molar-refractivity contribution is 0.122. The van der Waals surface area contributed by atoms with Gasteiger partial charge in [-0.25, -0.2) is 4.39 Å². The first kappa shape index (κ1) is 16.3. The van der Waals surface area contributed by atoms with Gasteiger partial charge in [-0.2, -0.15) is 4.98 Å². The molecule has 1 aliphatic heterocycles. The van der Waals surface area contributed by atoms with Gasteiger partial charge in [0.15, 0.2) is 0 Å². The molecule has 128 valence electrons. The molecule has 0 aliphatic carbocycles. The molecular weight excluding hydrogens is 313 g/mol. The lowest BCUT2D eigenvalue weighted by atomic mass is 10.3. The molecule has 0 spiro atoms. The van der Waals surface area contributed by atoms with E-state index < -0.39 is 0 Å². The van der Waals surface area contributed by atoms with E-state index in [-0.39, 0.29) is 5.82 Å². The van der Waals surface area contributed by atoms with Crippen LogP contribution in [0, 0.1) is 5.82 Å². The molecule has 0 saturated carbocycles. The molecule has 3 rings (SSSR count). The molecule has 2 N–H and O–H groups in total. The highest BCUT2D eigenvalue weighted by atomic mass is 19.1. The van der Waals surface area contributed by atoms with E-state index in [1.54, 1.807) is 12.1 Å². The maximum Gasteiger partial charge on any atom is 0.217 e. The zero-order chi connectivity index (χ0) is 16.8. The Labute approximate surface area is 139 Å². The lowest BCUT2D eigenvalue weighted by Gasteiger charge is -2.29. The second kappa shape index (κ2) is 7.83. The van der Waals surface area contributed by atoms with Crippen LogP contribution < -0.4 is 20.1 Å². The van der Waals surface area contributed by atoms with Crippen molar-refractivity contribution in [2.75, 3.05) is 50.2 Å². The monoisotopic (exact) mass is 333 g/mol. The highest BCUT2D eigenvalue weighted by Gasteiger charge is 2.13. The molecule has 0 atom stereocenters. The van der Waals surface area contributed by atoms with Crippen LogP contribution in [0.3, 0.4) is 0 Å². The Morgan fingerprint density at radius 1 is 1.08 bits per heavy atom. The molecule has 0 amide bonds. The van der Waals surface area contributed by atoms with Crippen LogP contribution >= 0.6 is 0 Å². The Kier molecular flexibility index (Phi) is 5.32. The number of nitrogens with zero attached hydrogens (tertiary/aromatic N) is 2. The second-order valence-electron chi connectivity index (χ2n) is 5.34. The summed E-state index contributed by atoms with van der Waals surface area (Å²) in [6.07, 6.45) is 0. The molecule has 1 aromatic heterocycles. The van der Waals surface area contributed by atoms with Gasteiger partial charge in [-0.3, -0.25) is 0 Å². The largest absolute Gasteiger partial charge is 0.490 e. The number of halogens is 1. The quantitative estimate of drug-likeness (QED) is 0.817. The molecular formula is C17H20FN3O3. The van der Waals surface area contributed by atoms with E-state index in [0.717, 1.165) is 18.8 Å². The number of rotatable bonds is 6. The van der Waals surface area contributed by atoms with Crippen LogP contribution in [0.5, 0.6) is 11.6 Å². The molecule has 1 aliphatic rings. The fraction of sp³-hybridized carbons (Fsp3) is 0.353. The van der Waals surface area contributed by atoms with Crippen molar-refractivity contribution in [1.82, 2.24) is 4.98 Å². The summed E-state index contributed by atoms with van der Waals surface area (Å²) in [5.74, 6) is 1.17. The highest BCUT2D eigenvalue weighted by molar-refractivity contribution is 5.55. The molecule has 24 heavy (non-hydrogen) atoms. The number of nitrogen functional groups attached to an aromatic ring is 1. The minimum absolute atomic E-state index is 0.293. The zero-order valence-corrected chi connectivity index (χ0v) is 13.3. The van der Waals surface area contributed by atoms with Crippen molar-refractivity contribution < 1.29 is 18.6 Å².